The molecular formula is C50H38. The molecule has 0 amide bonds. The molecule has 5 aliphatic rings. The molecule has 5 aliphatic carbocycles. The molecule has 0 aliphatic heterocycles. The SMILES string of the molecule is c1cc(-c2c3ccccc3c(-c3cccc4ccccc34)c3ccccc23)c2c(c1)C1(c3ccc4ccccc4c3-2)C2CC3CC(C2)CC1C3. The maximum Gasteiger partial charge on any atom is 0.0272 e. The minimum absolute atomic E-state index is 0.118. The van der Waals surface area contributed by atoms with Gasteiger partial charge in [-0.15, -0.1) is 0 Å². The Hall–Kier alpha value is -5.20. The summed E-state index contributed by atoms with van der Waals surface area (Å²) < 4.78 is 0. The fraction of sp³-hybridized carbons (Fsp3) is 0.200. The van der Waals surface area contributed by atoms with E-state index in [4.69, 9.17) is 0 Å². The standard InChI is InChI=1S/C50H38/c1-3-14-36-32(11-1)13-9-20-38(36)46-39-16-5-7-18-41(39)47(42-19-8-6-17-40(42)46)43-21-10-22-44-49(43)48-37-15-4-2-12-33(37)23-24-45(48)50(44)34-26-30-25-31(28-34)29-35(50)27-30/h1-24,30-31,34-35H,25-29H2. The lowest BCUT2D eigenvalue weighted by molar-refractivity contribution is -0.0399. The lowest BCUT2D eigenvalue weighted by Gasteiger charge is -2.61. The van der Waals surface area contributed by atoms with Gasteiger partial charge in [-0.3, -0.25) is 0 Å². The van der Waals surface area contributed by atoms with Gasteiger partial charge in [0.05, 0.1) is 0 Å². The van der Waals surface area contributed by atoms with E-state index in [2.05, 4.69) is 146 Å². The number of hydrogen-bond donors (Lipinski definition) is 0. The van der Waals surface area contributed by atoms with Crippen molar-refractivity contribution in [2.24, 2.45) is 23.7 Å². The van der Waals surface area contributed by atoms with Crippen LogP contribution >= 0.6 is 0 Å². The second-order valence-corrected chi connectivity index (χ2v) is 16.0. The van der Waals surface area contributed by atoms with Crippen molar-refractivity contribution < 1.29 is 0 Å². The molecule has 0 heteroatoms. The number of hydrogen-bond acceptors (Lipinski definition) is 0. The van der Waals surface area contributed by atoms with E-state index in [-0.39, 0.29) is 5.41 Å². The fourth-order valence-electron chi connectivity index (χ4n) is 12.4. The maximum atomic E-state index is 2.57. The molecule has 8 aromatic rings. The van der Waals surface area contributed by atoms with Crippen molar-refractivity contribution in [2.45, 2.75) is 37.5 Å². The molecule has 0 N–H and O–H groups in total. The summed E-state index contributed by atoms with van der Waals surface area (Å²) in [6, 6.07) is 55.8. The summed E-state index contributed by atoms with van der Waals surface area (Å²) in [5, 5.41) is 10.7. The first-order valence-corrected chi connectivity index (χ1v) is 18.9. The zero-order valence-electron chi connectivity index (χ0n) is 28.2. The number of benzene rings is 8. The summed E-state index contributed by atoms with van der Waals surface area (Å²) >= 11 is 0. The molecular weight excluding hydrogens is 601 g/mol. The first kappa shape index (κ1) is 27.6. The average molecular weight is 639 g/mol. The van der Waals surface area contributed by atoms with Crippen molar-refractivity contribution in [1.82, 2.24) is 0 Å². The highest BCUT2D eigenvalue weighted by Gasteiger charge is 2.62. The van der Waals surface area contributed by atoms with E-state index in [1.165, 1.54) is 109 Å². The Morgan fingerprint density at radius 2 is 0.780 bits per heavy atom. The average Bonchev–Trinajstić information content (AvgIpc) is 3.47. The molecule has 8 aromatic carbocycles. The van der Waals surface area contributed by atoms with Crippen LogP contribution in [0.1, 0.15) is 43.2 Å². The first-order valence-electron chi connectivity index (χ1n) is 18.9. The monoisotopic (exact) mass is 638 g/mol. The van der Waals surface area contributed by atoms with Crippen molar-refractivity contribution in [3.63, 3.8) is 0 Å². The molecule has 4 bridgehead atoms. The number of rotatable bonds is 2. The summed E-state index contributed by atoms with van der Waals surface area (Å²) in [6.45, 7) is 0. The van der Waals surface area contributed by atoms with Crippen LogP contribution in [0.4, 0.5) is 0 Å². The molecule has 0 unspecified atom stereocenters. The third-order valence-electron chi connectivity index (χ3n) is 13.8. The van der Waals surface area contributed by atoms with E-state index in [1.807, 2.05) is 0 Å². The Bertz CT molecular complexity index is 2640. The highest BCUT2D eigenvalue weighted by molar-refractivity contribution is 6.25. The van der Waals surface area contributed by atoms with Gasteiger partial charge in [-0.2, -0.15) is 0 Å². The van der Waals surface area contributed by atoms with Gasteiger partial charge in [0.25, 0.3) is 0 Å². The normalized spacial score (nSPS) is 24.5. The van der Waals surface area contributed by atoms with Crippen LogP contribution in [0, 0.1) is 23.7 Å². The Morgan fingerprint density at radius 1 is 0.320 bits per heavy atom. The molecule has 0 radical (unpaired) electrons. The van der Waals surface area contributed by atoms with E-state index >= 15 is 0 Å². The Labute approximate surface area is 293 Å². The van der Waals surface area contributed by atoms with Crippen LogP contribution in [0.25, 0.3) is 76.5 Å². The van der Waals surface area contributed by atoms with Gasteiger partial charge in [-0.1, -0.05) is 146 Å². The Morgan fingerprint density at radius 3 is 1.42 bits per heavy atom. The number of fused-ring (bicyclic) bond motifs is 8. The third kappa shape index (κ3) is 3.42. The van der Waals surface area contributed by atoms with E-state index in [0.29, 0.717) is 0 Å². The summed E-state index contributed by atoms with van der Waals surface area (Å²) in [5.74, 6) is 3.32. The van der Waals surface area contributed by atoms with E-state index in [9.17, 15) is 0 Å². The fourth-order valence-corrected chi connectivity index (χ4v) is 12.4. The molecule has 4 fully saturated rings. The van der Waals surface area contributed by atoms with Gasteiger partial charge in [-0.25, -0.2) is 0 Å². The van der Waals surface area contributed by atoms with Crippen molar-refractivity contribution in [1.29, 1.82) is 0 Å². The topological polar surface area (TPSA) is 0 Å². The summed E-state index contributed by atoms with van der Waals surface area (Å²) in [6.07, 6.45) is 7.06. The van der Waals surface area contributed by atoms with Crippen LogP contribution in [0.15, 0.2) is 146 Å². The van der Waals surface area contributed by atoms with Gasteiger partial charge < -0.3 is 0 Å². The van der Waals surface area contributed by atoms with E-state index in [0.717, 1.165) is 23.7 Å². The van der Waals surface area contributed by atoms with Crippen LogP contribution < -0.4 is 0 Å². The van der Waals surface area contributed by atoms with Crippen LogP contribution in [-0.4, -0.2) is 0 Å². The van der Waals surface area contributed by atoms with Crippen LogP contribution in [0.5, 0.6) is 0 Å². The summed E-state index contributed by atoms with van der Waals surface area (Å²) in [4.78, 5) is 0. The predicted octanol–water partition coefficient (Wildman–Crippen LogP) is 13.4. The smallest absolute Gasteiger partial charge is 0.0272 e. The van der Waals surface area contributed by atoms with E-state index < -0.39 is 0 Å². The Balaban J connectivity index is 1.23. The molecule has 238 valence electrons. The molecule has 1 spiro atoms. The third-order valence-corrected chi connectivity index (χ3v) is 13.8. The zero-order chi connectivity index (χ0) is 32.6. The highest BCUT2D eigenvalue weighted by Crippen LogP contribution is 2.71. The molecule has 13 rings (SSSR count). The minimum atomic E-state index is 0.118. The Kier molecular flexibility index (Phi) is 5.49. The largest absolute Gasteiger partial charge is 0.0616 e. The molecule has 0 nitrogen and oxygen atoms in total. The molecule has 4 saturated carbocycles. The van der Waals surface area contributed by atoms with Crippen LogP contribution in [0.3, 0.4) is 0 Å². The van der Waals surface area contributed by atoms with Gasteiger partial charge in [-0.05, 0) is 143 Å². The van der Waals surface area contributed by atoms with Gasteiger partial charge in [0.1, 0.15) is 0 Å². The summed E-state index contributed by atoms with van der Waals surface area (Å²) in [5.41, 5.74) is 11.9. The molecule has 0 atom stereocenters. The van der Waals surface area contributed by atoms with Crippen molar-refractivity contribution in [3.8, 4) is 33.4 Å². The van der Waals surface area contributed by atoms with Gasteiger partial charge >= 0.3 is 0 Å². The lowest BCUT2D eigenvalue weighted by atomic mass is 9.43. The van der Waals surface area contributed by atoms with Crippen LogP contribution in [0.2, 0.25) is 0 Å². The molecule has 0 saturated heterocycles. The molecule has 0 heterocycles. The van der Waals surface area contributed by atoms with Crippen molar-refractivity contribution >= 4 is 43.1 Å². The maximum absolute atomic E-state index is 2.57. The summed E-state index contributed by atoms with van der Waals surface area (Å²) in [7, 11) is 0. The zero-order valence-corrected chi connectivity index (χ0v) is 28.2. The lowest BCUT2D eigenvalue weighted by Crippen LogP contribution is -2.55. The van der Waals surface area contributed by atoms with Gasteiger partial charge in [0, 0.05) is 5.41 Å². The van der Waals surface area contributed by atoms with Crippen LogP contribution in [-0.2, 0) is 5.41 Å². The van der Waals surface area contributed by atoms with Gasteiger partial charge in [0.15, 0.2) is 0 Å². The highest BCUT2D eigenvalue weighted by atomic mass is 14.6. The second kappa shape index (κ2) is 9.95. The van der Waals surface area contributed by atoms with Crippen molar-refractivity contribution in [2.75, 3.05) is 0 Å². The second-order valence-electron chi connectivity index (χ2n) is 16.0. The minimum Gasteiger partial charge on any atom is -0.0616 e. The van der Waals surface area contributed by atoms with Crippen molar-refractivity contribution in [3.05, 3.63) is 157 Å². The van der Waals surface area contributed by atoms with Gasteiger partial charge in [0.2, 0.25) is 0 Å². The quantitative estimate of drug-likeness (QED) is 0.165. The predicted molar refractivity (Wildman–Crippen MR) is 211 cm³/mol. The molecule has 0 aromatic heterocycles. The molecule has 50 heavy (non-hydrogen) atoms. The first-order chi connectivity index (χ1) is 24.8. The van der Waals surface area contributed by atoms with E-state index in [1.54, 1.807) is 11.1 Å².